The summed E-state index contributed by atoms with van der Waals surface area (Å²) in [5.74, 6) is -0.534. The number of hydrogen-bond acceptors (Lipinski definition) is 5. The molecule has 1 aliphatic carbocycles. The highest BCUT2D eigenvalue weighted by Crippen LogP contribution is 2.35. The van der Waals surface area contributed by atoms with Crippen LogP contribution in [0.2, 0.25) is 0 Å². The molecule has 0 aliphatic heterocycles. The minimum absolute atomic E-state index is 0.103. The van der Waals surface area contributed by atoms with E-state index in [0.717, 1.165) is 35.7 Å². The number of alkyl halides is 3. The zero-order chi connectivity index (χ0) is 30.4. The van der Waals surface area contributed by atoms with E-state index in [2.05, 4.69) is 17.4 Å². The van der Waals surface area contributed by atoms with Gasteiger partial charge in [0.15, 0.2) is 0 Å². The number of aliphatic hydroxyl groups is 1. The number of carboxylic acids is 1. The number of unbranched alkanes of at least 4 members (excludes halogenated alkanes) is 1. The number of β-amino-alcohol motifs (C(OH)–C–C–N with tert-alkyl or cyclic N) is 1. The maximum Gasteiger partial charge on any atom is 0.417 e. The quantitative estimate of drug-likeness (QED) is 0.261. The molecule has 0 saturated heterocycles. The predicted octanol–water partition coefficient (Wildman–Crippen LogP) is 5.13. The number of fused-ring (bicyclic) bond motifs is 1. The van der Waals surface area contributed by atoms with Crippen molar-refractivity contribution in [2.45, 2.75) is 75.1 Å². The van der Waals surface area contributed by atoms with Crippen LogP contribution in [0.3, 0.4) is 0 Å². The molecule has 0 heterocycles. The van der Waals surface area contributed by atoms with Crippen LogP contribution < -0.4 is 5.32 Å². The van der Waals surface area contributed by atoms with E-state index >= 15 is 0 Å². The Morgan fingerprint density at radius 1 is 1.15 bits per heavy atom. The molecular weight excluding hydrogens is 557 g/mol. The van der Waals surface area contributed by atoms with Crippen LogP contribution in [0.15, 0.2) is 53.4 Å². The summed E-state index contributed by atoms with van der Waals surface area (Å²) in [5.41, 5.74) is 1.07. The van der Waals surface area contributed by atoms with Gasteiger partial charge in [-0.25, -0.2) is 8.42 Å². The number of allylic oxidation sites excluding steroid dienone is 1. The van der Waals surface area contributed by atoms with Crippen molar-refractivity contribution in [3.8, 4) is 0 Å². The molecule has 226 valence electrons. The van der Waals surface area contributed by atoms with E-state index in [-0.39, 0.29) is 43.5 Å². The Morgan fingerprint density at radius 2 is 1.78 bits per heavy atom. The fourth-order valence-corrected chi connectivity index (χ4v) is 6.52. The van der Waals surface area contributed by atoms with Crippen LogP contribution in [0, 0.1) is 5.92 Å². The second-order valence-corrected chi connectivity index (χ2v) is 13.4. The first-order valence-corrected chi connectivity index (χ1v) is 15.1. The molecule has 0 unspecified atom stereocenters. The van der Waals surface area contributed by atoms with E-state index in [9.17, 15) is 31.5 Å². The summed E-state index contributed by atoms with van der Waals surface area (Å²) >= 11 is 0. The van der Waals surface area contributed by atoms with Crippen molar-refractivity contribution in [1.82, 2.24) is 9.62 Å². The molecule has 0 bridgehead atoms. The van der Waals surface area contributed by atoms with Gasteiger partial charge in [-0.15, -0.1) is 0 Å². The van der Waals surface area contributed by atoms with Gasteiger partial charge >= 0.3 is 12.1 Å². The van der Waals surface area contributed by atoms with Crippen LogP contribution >= 0.6 is 0 Å². The van der Waals surface area contributed by atoms with E-state index in [0.29, 0.717) is 12.0 Å². The van der Waals surface area contributed by atoms with E-state index in [1.165, 1.54) is 30.3 Å². The van der Waals surface area contributed by atoms with Crippen LogP contribution in [0.5, 0.6) is 0 Å². The maximum atomic E-state index is 13.8. The first-order valence-electron chi connectivity index (χ1n) is 13.6. The molecule has 0 spiro atoms. The summed E-state index contributed by atoms with van der Waals surface area (Å²) < 4.78 is 68.4. The van der Waals surface area contributed by atoms with E-state index in [4.69, 9.17) is 5.11 Å². The third-order valence-electron chi connectivity index (χ3n) is 7.32. The normalized spacial score (nSPS) is 15.5. The molecule has 7 nitrogen and oxygen atoms in total. The second-order valence-electron chi connectivity index (χ2n) is 11.4. The molecule has 2 aromatic carbocycles. The lowest BCUT2D eigenvalue weighted by atomic mass is 9.88. The highest BCUT2D eigenvalue weighted by Gasteiger charge is 2.35. The van der Waals surface area contributed by atoms with E-state index < -0.39 is 38.7 Å². The molecule has 0 amide bonds. The number of nitrogens with zero attached hydrogens (tertiary/aromatic N) is 1. The Morgan fingerprint density at radius 3 is 2.37 bits per heavy atom. The van der Waals surface area contributed by atoms with Crippen molar-refractivity contribution in [3.05, 3.63) is 70.8 Å². The first-order chi connectivity index (χ1) is 19.1. The summed E-state index contributed by atoms with van der Waals surface area (Å²) in [7, 11) is -3.09. The smallest absolute Gasteiger partial charge is 0.417 e. The van der Waals surface area contributed by atoms with Crippen molar-refractivity contribution in [1.29, 1.82) is 0 Å². The molecule has 11 heteroatoms. The average molecular weight is 597 g/mol. The van der Waals surface area contributed by atoms with Crippen molar-refractivity contribution in [2.24, 2.45) is 5.92 Å². The number of rotatable bonds is 14. The van der Waals surface area contributed by atoms with Gasteiger partial charge in [0.05, 0.1) is 16.6 Å². The van der Waals surface area contributed by atoms with E-state index in [1.807, 2.05) is 26.0 Å². The first kappa shape index (κ1) is 32.8. The molecule has 0 aromatic heterocycles. The highest BCUT2D eigenvalue weighted by molar-refractivity contribution is 7.89. The maximum absolute atomic E-state index is 13.8. The zero-order valence-electron chi connectivity index (χ0n) is 23.6. The van der Waals surface area contributed by atoms with Gasteiger partial charge in [-0.2, -0.15) is 17.5 Å². The standard InChI is InChI=1S/C30H39F3N2O5S/c1-29(2,18-21-15-23-10-7-8-11-24(23)16-21)34-19-25(36)20-35(3)41(39,40)26-14-13-22(27(17-26)30(31,32)33)9-5-4-6-12-28(37)38/h5,7-11,13-14,17,21,25,34,36H,4,6,12,15-16,18-20H2,1-3H3,(H,37,38)/t25-/m1/s1. The molecular formula is C30H39F3N2O5S. The monoisotopic (exact) mass is 596 g/mol. The molecule has 1 aliphatic rings. The molecule has 0 radical (unpaired) electrons. The number of nitrogens with one attached hydrogen (secondary N) is 1. The Bertz CT molecular complexity index is 1320. The van der Waals surface area contributed by atoms with Gasteiger partial charge in [0.1, 0.15) is 0 Å². The lowest BCUT2D eigenvalue weighted by molar-refractivity contribution is -0.138. The topological polar surface area (TPSA) is 107 Å². The second kappa shape index (κ2) is 13.5. The number of aliphatic hydroxyl groups excluding tert-OH is 1. The lowest BCUT2D eigenvalue weighted by Gasteiger charge is -2.31. The van der Waals surface area contributed by atoms with Gasteiger partial charge < -0.3 is 15.5 Å². The van der Waals surface area contributed by atoms with Crippen LogP contribution in [-0.2, 0) is 33.8 Å². The number of halogens is 3. The number of benzene rings is 2. The van der Waals surface area contributed by atoms with Gasteiger partial charge in [0.25, 0.3) is 0 Å². The number of carboxylic acid groups (broad SMARTS) is 1. The van der Waals surface area contributed by atoms with Crippen molar-refractivity contribution in [2.75, 3.05) is 20.1 Å². The van der Waals surface area contributed by atoms with Crippen LogP contribution in [0.1, 0.15) is 61.8 Å². The van der Waals surface area contributed by atoms with Gasteiger partial charge in [-0.1, -0.05) is 42.5 Å². The summed E-state index contributed by atoms with van der Waals surface area (Å²) in [6, 6.07) is 11.1. The summed E-state index contributed by atoms with van der Waals surface area (Å²) in [4.78, 5) is 10.1. The lowest BCUT2D eigenvalue weighted by Crippen LogP contribution is -2.47. The Kier molecular flexibility index (Phi) is 10.8. The third kappa shape index (κ3) is 9.39. The Labute approximate surface area is 240 Å². The third-order valence-corrected chi connectivity index (χ3v) is 9.14. The molecule has 2 aromatic rings. The number of aliphatic carboxylic acids is 1. The fraction of sp³-hybridized carbons (Fsp3) is 0.500. The van der Waals surface area contributed by atoms with Crippen LogP contribution in [0.4, 0.5) is 13.2 Å². The van der Waals surface area contributed by atoms with Gasteiger partial charge in [0.2, 0.25) is 10.0 Å². The Hall–Kier alpha value is -2.73. The molecule has 0 saturated carbocycles. The number of likely N-dealkylation sites (N-methyl/N-ethyl adjacent to an activating group) is 1. The van der Waals surface area contributed by atoms with Crippen molar-refractivity contribution < 1.29 is 36.6 Å². The number of carbonyl (C=O) groups is 1. The molecule has 1 atom stereocenters. The minimum Gasteiger partial charge on any atom is -0.481 e. The summed E-state index contributed by atoms with van der Waals surface area (Å²) in [6.07, 6.45) is 0.0456. The minimum atomic E-state index is -4.81. The Balaban J connectivity index is 1.60. The number of hydrogen-bond donors (Lipinski definition) is 3. The van der Waals surface area contributed by atoms with E-state index in [1.54, 1.807) is 0 Å². The molecule has 41 heavy (non-hydrogen) atoms. The summed E-state index contributed by atoms with van der Waals surface area (Å²) in [5, 5.41) is 22.6. The van der Waals surface area contributed by atoms with Crippen LogP contribution in [-0.4, -0.2) is 60.7 Å². The molecule has 3 N–H and O–H groups in total. The predicted molar refractivity (Wildman–Crippen MR) is 152 cm³/mol. The zero-order valence-corrected chi connectivity index (χ0v) is 24.4. The van der Waals surface area contributed by atoms with Crippen LogP contribution in [0.25, 0.3) is 6.08 Å². The van der Waals surface area contributed by atoms with Gasteiger partial charge in [0, 0.05) is 32.1 Å². The number of sulfonamides is 1. The fourth-order valence-electron chi connectivity index (χ4n) is 5.29. The van der Waals surface area contributed by atoms with Crippen molar-refractivity contribution >= 4 is 22.1 Å². The van der Waals surface area contributed by atoms with Gasteiger partial charge in [-0.3, -0.25) is 4.79 Å². The average Bonchev–Trinajstić information content (AvgIpc) is 3.28. The highest BCUT2D eigenvalue weighted by atomic mass is 32.2. The molecule has 3 rings (SSSR count). The SMILES string of the molecule is CN(C[C@H](O)CNC(C)(C)CC1Cc2ccccc2C1)S(=O)(=O)c1ccc(C=CCCCC(=O)O)c(C(F)(F)F)c1. The van der Waals surface area contributed by atoms with Gasteiger partial charge in [-0.05, 0) is 80.7 Å². The molecule has 0 fully saturated rings. The summed E-state index contributed by atoms with van der Waals surface area (Å²) in [6.45, 7) is 3.88. The largest absolute Gasteiger partial charge is 0.481 e. The van der Waals surface area contributed by atoms with Crippen molar-refractivity contribution in [3.63, 3.8) is 0 Å².